The van der Waals surface area contributed by atoms with Gasteiger partial charge in [0.15, 0.2) is 17.3 Å². The zero-order valence-electron chi connectivity index (χ0n) is 23.2. The van der Waals surface area contributed by atoms with Crippen LogP contribution in [0.15, 0.2) is 103 Å². The number of anilines is 1. The second-order valence-electron chi connectivity index (χ2n) is 10.9. The first-order chi connectivity index (χ1) is 20.9. The minimum absolute atomic E-state index is 0.122. The number of non-ortho nitro benzene ring substituents is 1. The Kier molecular flexibility index (Phi) is 6.09. The molecule has 4 aromatic carbocycles. The van der Waals surface area contributed by atoms with Crippen molar-refractivity contribution in [3.63, 3.8) is 0 Å². The van der Waals surface area contributed by atoms with Crippen LogP contribution in [0.2, 0.25) is 0 Å². The lowest BCUT2D eigenvalue weighted by molar-refractivity contribution is -0.384. The Hall–Kier alpha value is -5.37. The molecule has 3 atom stereocenters. The van der Waals surface area contributed by atoms with Crippen LogP contribution >= 0.6 is 0 Å². The predicted molar refractivity (Wildman–Crippen MR) is 161 cm³/mol. The third kappa shape index (κ3) is 3.65. The highest BCUT2D eigenvalue weighted by Gasteiger charge is 2.72. The van der Waals surface area contributed by atoms with E-state index in [1.54, 1.807) is 42.5 Å². The summed E-state index contributed by atoms with van der Waals surface area (Å²) in [5.74, 6) is -1.63. The molecule has 2 aliphatic heterocycles. The fourth-order valence-corrected chi connectivity index (χ4v) is 7.23. The highest BCUT2D eigenvalue weighted by molar-refractivity contribution is 6.32. The van der Waals surface area contributed by atoms with Crippen LogP contribution in [0, 0.1) is 15.5 Å². The molecule has 1 spiro atoms. The van der Waals surface area contributed by atoms with Crippen LogP contribution in [0.25, 0.3) is 6.08 Å². The van der Waals surface area contributed by atoms with Crippen molar-refractivity contribution in [2.45, 2.75) is 24.9 Å². The van der Waals surface area contributed by atoms with Crippen LogP contribution in [0.4, 0.5) is 11.4 Å². The van der Waals surface area contributed by atoms with Crippen molar-refractivity contribution in [3.05, 3.63) is 141 Å². The Morgan fingerprint density at radius 3 is 2.30 bits per heavy atom. The second-order valence-corrected chi connectivity index (χ2v) is 10.9. The topological polar surface area (TPSA) is 107 Å². The van der Waals surface area contributed by atoms with Crippen LogP contribution < -0.4 is 9.64 Å². The number of carbonyl (C=O) groups is 3. The van der Waals surface area contributed by atoms with E-state index in [-0.39, 0.29) is 22.8 Å². The Morgan fingerprint density at radius 2 is 1.58 bits per heavy atom. The number of fused-ring (bicyclic) bond motifs is 5. The van der Waals surface area contributed by atoms with Crippen molar-refractivity contribution in [1.29, 1.82) is 0 Å². The third-order valence-corrected chi connectivity index (χ3v) is 8.88. The molecule has 8 heteroatoms. The van der Waals surface area contributed by atoms with Gasteiger partial charge in [0.25, 0.3) is 5.69 Å². The molecule has 0 N–H and O–H groups in total. The van der Waals surface area contributed by atoms with Crippen LogP contribution in [0.1, 0.15) is 55.0 Å². The fourth-order valence-electron chi connectivity index (χ4n) is 7.23. The number of Topliss-reactive ketones (excluding diaryl/α,β-unsaturated/α-hetero) is 3. The average Bonchev–Trinajstić information content (AvgIpc) is 3.47. The summed E-state index contributed by atoms with van der Waals surface area (Å²) in [4.78, 5) is 57.4. The molecule has 4 aromatic rings. The molecule has 3 aliphatic rings. The van der Waals surface area contributed by atoms with Gasteiger partial charge in [-0.15, -0.1) is 0 Å². The van der Waals surface area contributed by atoms with Crippen molar-refractivity contribution < 1.29 is 24.0 Å². The lowest BCUT2D eigenvalue weighted by atomic mass is 9.64. The van der Waals surface area contributed by atoms with Crippen molar-refractivity contribution >= 4 is 34.8 Å². The van der Waals surface area contributed by atoms with E-state index in [0.717, 1.165) is 5.56 Å². The number of ether oxygens (including phenoxy) is 1. The van der Waals surface area contributed by atoms with Gasteiger partial charge in [0.2, 0.25) is 0 Å². The normalized spacial score (nSPS) is 21.0. The monoisotopic (exact) mass is 570 g/mol. The largest absolute Gasteiger partial charge is 0.494 e. The maximum Gasteiger partial charge on any atom is 0.270 e. The molecule has 7 rings (SSSR count). The van der Waals surface area contributed by atoms with Gasteiger partial charge in [-0.3, -0.25) is 24.5 Å². The van der Waals surface area contributed by atoms with E-state index in [2.05, 4.69) is 0 Å². The number of nitro groups is 1. The molecule has 212 valence electrons. The van der Waals surface area contributed by atoms with E-state index in [9.17, 15) is 24.5 Å². The van der Waals surface area contributed by atoms with E-state index in [1.165, 1.54) is 18.2 Å². The molecule has 2 heterocycles. The predicted octanol–water partition coefficient (Wildman–Crippen LogP) is 6.31. The molecule has 1 fully saturated rings. The number of rotatable bonds is 6. The summed E-state index contributed by atoms with van der Waals surface area (Å²) in [6.07, 6.45) is 3.74. The molecule has 0 radical (unpaired) electrons. The van der Waals surface area contributed by atoms with Gasteiger partial charge in [0, 0.05) is 46.0 Å². The number of ketones is 3. The molecule has 1 aliphatic carbocycles. The average molecular weight is 571 g/mol. The molecule has 0 aromatic heterocycles. The van der Waals surface area contributed by atoms with E-state index in [1.807, 2.05) is 60.4 Å². The van der Waals surface area contributed by atoms with Gasteiger partial charge in [-0.25, -0.2) is 0 Å². The number of hydrogen-bond acceptors (Lipinski definition) is 7. The fraction of sp³-hybridized carbons (Fsp3) is 0.171. The standard InChI is InChI=1S/C35H26N2O6/c1-2-43-28-17-8-6-15-26(28)30-31(32(38)22-11-9-12-23(20-22)37(41)42)36-27-16-7-3-10-21(27)18-19-29(36)35(30)33(39)24-13-4-5-14-25(24)34(35)40/h3-20,29-31H,2H2,1H3/t29?,30-,31+/m0/s1. The molecular formula is C35H26N2O6. The smallest absolute Gasteiger partial charge is 0.270 e. The summed E-state index contributed by atoms with van der Waals surface area (Å²) < 4.78 is 6.05. The van der Waals surface area contributed by atoms with Crippen molar-refractivity contribution in [3.8, 4) is 5.75 Å². The van der Waals surface area contributed by atoms with E-state index in [0.29, 0.717) is 34.7 Å². The van der Waals surface area contributed by atoms with Crippen LogP contribution in [-0.2, 0) is 0 Å². The molecule has 0 amide bonds. The van der Waals surface area contributed by atoms with Crippen molar-refractivity contribution in [1.82, 2.24) is 0 Å². The maximum atomic E-state index is 14.8. The zero-order chi connectivity index (χ0) is 29.9. The van der Waals surface area contributed by atoms with Crippen LogP contribution in [0.5, 0.6) is 5.75 Å². The van der Waals surface area contributed by atoms with Gasteiger partial charge in [-0.1, -0.05) is 84.9 Å². The summed E-state index contributed by atoms with van der Waals surface area (Å²) in [7, 11) is 0. The lowest BCUT2D eigenvalue weighted by Crippen LogP contribution is -2.48. The van der Waals surface area contributed by atoms with E-state index >= 15 is 0 Å². The first-order valence-electron chi connectivity index (χ1n) is 14.1. The molecule has 43 heavy (non-hydrogen) atoms. The second kappa shape index (κ2) is 9.87. The highest BCUT2D eigenvalue weighted by Crippen LogP contribution is 2.62. The SMILES string of the molecule is CCOc1ccccc1[C@H]1[C@H](C(=O)c2cccc([N+](=O)[O-])c2)N2c3ccccc3C=CC2C12C(=O)c1ccccc1C2=O. The van der Waals surface area contributed by atoms with Gasteiger partial charge in [-0.2, -0.15) is 0 Å². The minimum Gasteiger partial charge on any atom is -0.494 e. The zero-order valence-corrected chi connectivity index (χ0v) is 23.2. The minimum atomic E-state index is -1.69. The lowest BCUT2D eigenvalue weighted by Gasteiger charge is -2.37. The van der Waals surface area contributed by atoms with E-state index in [4.69, 9.17) is 4.74 Å². The molecule has 1 unspecified atom stereocenters. The first kappa shape index (κ1) is 26.5. The van der Waals surface area contributed by atoms with Gasteiger partial charge < -0.3 is 9.64 Å². The number of benzene rings is 4. The number of hydrogen-bond donors (Lipinski definition) is 0. The summed E-state index contributed by atoms with van der Waals surface area (Å²) in [5.41, 5.74) is 0.942. The number of nitrogens with zero attached hydrogens (tertiary/aromatic N) is 2. The number of para-hydroxylation sites is 2. The third-order valence-electron chi connectivity index (χ3n) is 8.88. The summed E-state index contributed by atoms with van der Waals surface area (Å²) in [6.45, 7) is 2.18. The van der Waals surface area contributed by atoms with Gasteiger partial charge in [0.05, 0.1) is 17.6 Å². The molecular weight excluding hydrogens is 544 g/mol. The summed E-state index contributed by atoms with van der Waals surface area (Å²) in [6, 6.07) is 25.3. The number of carbonyl (C=O) groups excluding carboxylic acids is 3. The Labute approximate surface area is 247 Å². The van der Waals surface area contributed by atoms with Crippen molar-refractivity contribution in [2.24, 2.45) is 5.41 Å². The number of nitro benzene ring substituents is 1. The Balaban J connectivity index is 1.56. The maximum absolute atomic E-state index is 14.8. The van der Waals surface area contributed by atoms with Gasteiger partial charge in [-0.05, 0) is 24.6 Å². The molecule has 0 saturated carbocycles. The molecule has 0 bridgehead atoms. The van der Waals surface area contributed by atoms with Gasteiger partial charge >= 0.3 is 0 Å². The Morgan fingerprint density at radius 1 is 0.907 bits per heavy atom. The van der Waals surface area contributed by atoms with Gasteiger partial charge in [0.1, 0.15) is 17.2 Å². The highest BCUT2D eigenvalue weighted by atomic mass is 16.6. The quantitative estimate of drug-likeness (QED) is 0.116. The van der Waals surface area contributed by atoms with E-state index < -0.39 is 34.1 Å². The molecule has 8 nitrogen and oxygen atoms in total. The summed E-state index contributed by atoms with van der Waals surface area (Å²) in [5, 5.41) is 11.7. The molecule has 1 saturated heterocycles. The Bertz CT molecular complexity index is 1840. The van der Waals surface area contributed by atoms with Crippen LogP contribution in [-0.4, -0.2) is 41.0 Å². The van der Waals surface area contributed by atoms with Crippen molar-refractivity contribution in [2.75, 3.05) is 11.5 Å². The summed E-state index contributed by atoms with van der Waals surface area (Å²) >= 11 is 0. The van der Waals surface area contributed by atoms with Crippen LogP contribution in [0.3, 0.4) is 0 Å². The first-order valence-corrected chi connectivity index (χ1v) is 14.1.